The van der Waals surface area contributed by atoms with Crippen LogP contribution >= 0.6 is 11.3 Å². The number of ether oxygens (including phenoxy) is 4. The number of methoxy groups -OCH3 is 4. The molecule has 0 radical (unpaired) electrons. The van der Waals surface area contributed by atoms with E-state index >= 15 is 0 Å². The van der Waals surface area contributed by atoms with Crippen molar-refractivity contribution in [3.05, 3.63) is 82.5 Å². The number of para-hydroxylation sites is 3. The fourth-order valence-electron chi connectivity index (χ4n) is 3.87. The summed E-state index contributed by atoms with van der Waals surface area (Å²) in [5, 5.41) is 7.78. The Hall–Kier alpha value is -4.50. The molecule has 0 saturated carbocycles. The lowest BCUT2D eigenvalue weighted by atomic mass is 10.2. The van der Waals surface area contributed by atoms with Crippen LogP contribution in [0.3, 0.4) is 0 Å². The monoisotopic (exact) mass is 515 g/mol. The van der Waals surface area contributed by atoms with E-state index in [0.29, 0.717) is 44.8 Å². The number of rotatable bonds is 8. The van der Waals surface area contributed by atoms with E-state index in [1.54, 1.807) is 45.4 Å². The Balaban J connectivity index is 1.68. The van der Waals surface area contributed by atoms with Gasteiger partial charge in [-0.15, -0.1) is 11.3 Å². The van der Waals surface area contributed by atoms with Crippen molar-refractivity contribution in [3.8, 4) is 34.5 Å². The summed E-state index contributed by atoms with van der Waals surface area (Å²) in [5.74, 6) is 3.06. The first-order valence-electron chi connectivity index (χ1n) is 11.4. The zero-order valence-corrected chi connectivity index (χ0v) is 21.6. The molecular weight excluding hydrogens is 490 g/mol. The van der Waals surface area contributed by atoms with Crippen molar-refractivity contribution in [2.45, 2.75) is 0 Å². The summed E-state index contributed by atoms with van der Waals surface area (Å²) in [5.41, 5.74) is 2.95. The second-order valence-electron chi connectivity index (χ2n) is 7.84. The maximum absolute atomic E-state index is 6.15. The van der Waals surface area contributed by atoms with Crippen molar-refractivity contribution in [3.63, 3.8) is 0 Å². The van der Waals surface area contributed by atoms with E-state index in [1.807, 2.05) is 66.0 Å². The highest BCUT2D eigenvalue weighted by atomic mass is 32.1. The lowest BCUT2D eigenvalue weighted by Crippen LogP contribution is -2.11. The average Bonchev–Trinajstić information content (AvgIpc) is 3.55. The van der Waals surface area contributed by atoms with Crippen LogP contribution in [-0.4, -0.2) is 39.3 Å². The third kappa shape index (κ3) is 4.81. The zero-order valence-electron chi connectivity index (χ0n) is 20.8. The Morgan fingerprint density at radius 1 is 0.784 bits per heavy atom. The quantitative estimate of drug-likeness (QED) is 0.233. The van der Waals surface area contributed by atoms with E-state index in [2.05, 4.69) is 0 Å². The standard InChI is InChI=1S/C28H25N3O5S/c1-32-23-12-8-6-10-20(23)30-28-31(21(17-37-28)25-13-18-9-5-7-11-22(18)36-25)29-16-19-14-26(34-3)27(35-4)15-24(19)33-2/h5-17H,1-4H3. The Kier molecular flexibility index (Phi) is 6.96. The number of hydrogen-bond acceptors (Lipinski definition) is 8. The maximum atomic E-state index is 6.15. The van der Waals surface area contributed by atoms with Gasteiger partial charge in [-0.05, 0) is 30.3 Å². The predicted molar refractivity (Wildman–Crippen MR) is 145 cm³/mol. The van der Waals surface area contributed by atoms with Gasteiger partial charge in [0.15, 0.2) is 17.3 Å². The van der Waals surface area contributed by atoms with E-state index in [9.17, 15) is 0 Å². The van der Waals surface area contributed by atoms with Gasteiger partial charge in [-0.1, -0.05) is 30.3 Å². The van der Waals surface area contributed by atoms with Gasteiger partial charge in [0.1, 0.15) is 28.5 Å². The summed E-state index contributed by atoms with van der Waals surface area (Å²) >= 11 is 1.44. The van der Waals surface area contributed by atoms with E-state index in [4.69, 9.17) is 33.5 Å². The Bertz CT molecular complexity index is 1610. The molecular formula is C28H25N3O5S. The summed E-state index contributed by atoms with van der Waals surface area (Å²) in [6, 6.07) is 21.0. The molecule has 0 unspecified atom stereocenters. The molecule has 0 spiro atoms. The molecule has 2 heterocycles. The number of nitrogens with zero attached hydrogens (tertiary/aromatic N) is 3. The van der Waals surface area contributed by atoms with Gasteiger partial charge in [-0.3, -0.25) is 0 Å². The van der Waals surface area contributed by atoms with Crippen LogP contribution in [0, 0.1) is 0 Å². The molecule has 8 nitrogen and oxygen atoms in total. The molecule has 0 aliphatic rings. The minimum absolute atomic E-state index is 0.564. The fraction of sp³-hybridized carbons (Fsp3) is 0.143. The summed E-state index contributed by atoms with van der Waals surface area (Å²) in [6.07, 6.45) is 1.70. The smallest absolute Gasteiger partial charge is 0.211 e. The summed E-state index contributed by atoms with van der Waals surface area (Å²) in [6.45, 7) is 0. The molecule has 0 N–H and O–H groups in total. The zero-order chi connectivity index (χ0) is 25.8. The van der Waals surface area contributed by atoms with Gasteiger partial charge >= 0.3 is 0 Å². The molecule has 0 aliphatic carbocycles. The molecule has 0 bridgehead atoms. The minimum Gasteiger partial charge on any atom is -0.496 e. The van der Waals surface area contributed by atoms with Gasteiger partial charge in [0.05, 0.1) is 34.7 Å². The van der Waals surface area contributed by atoms with Crippen LogP contribution in [0.5, 0.6) is 23.0 Å². The third-order valence-electron chi connectivity index (χ3n) is 5.71. The molecule has 5 aromatic rings. The topological polar surface area (TPSA) is 79.7 Å². The first kappa shape index (κ1) is 24.2. The van der Waals surface area contributed by atoms with Crippen LogP contribution < -0.4 is 23.7 Å². The van der Waals surface area contributed by atoms with Gasteiger partial charge < -0.3 is 23.4 Å². The van der Waals surface area contributed by atoms with Crippen molar-refractivity contribution < 1.29 is 23.4 Å². The minimum atomic E-state index is 0.564. The number of thiazole rings is 1. The lowest BCUT2D eigenvalue weighted by Gasteiger charge is -2.12. The summed E-state index contributed by atoms with van der Waals surface area (Å²) in [4.78, 5) is 5.49. The largest absolute Gasteiger partial charge is 0.496 e. The van der Waals surface area contributed by atoms with Gasteiger partial charge in [-0.25, -0.2) is 9.67 Å². The highest BCUT2D eigenvalue weighted by Crippen LogP contribution is 2.34. The normalized spacial score (nSPS) is 11.8. The van der Waals surface area contributed by atoms with E-state index < -0.39 is 0 Å². The van der Waals surface area contributed by atoms with Crippen LogP contribution in [0.15, 0.2) is 86.6 Å². The molecule has 0 amide bonds. The van der Waals surface area contributed by atoms with Gasteiger partial charge in [-0.2, -0.15) is 5.10 Å². The first-order chi connectivity index (χ1) is 18.1. The summed E-state index contributed by atoms with van der Waals surface area (Å²) in [7, 11) is 6.39. The van der Waals surface area contributed by atoms with Crippen LogP contribution in [0.2, 0.25) is 0 Å². The van der Waals surface area contributed by atoms with Crippen LogP contribution in [0.25, 0.3) is 22.4 Å². The molecule has 0 atom stereocenters. The van der Waals surface area contributed by atoms with Crippen LogP contribution in [0.4, 0.5) is 5.69 Å². The first-order valence-corrected chi connectivity index (χ1v) is 12.2. The molecule has 0 saturated heterocycles. The molecule has 0 fully saturated rings. The Morgan fingerprint density at radius 3 is 2.24 bits per heavy atom. The average molecular weight is 516 g/mol. The van der Waals surface area contributed by atoms with E-state index in [0.717, 1.165) is 16.7 Å². The number of furan rings is 1. The molecule has 37 heavy (non-hydrogen) atoms. The summed E-state index contributed by atoms with van der Waals surface area (Å²) < 4.78 is 29.8. The molecule has 188 valence electrons. The van der Waals surface area contributed by atoms with E-state index in [1.165, 1.54) is 11.3 Å². The van der Waals surface area contributed by atoms with Gasteiger partial charge in [0, 0.05) is 22.4 Å². The molecule has 0 aliphatic heterocycles. The van der Waals surface area contributed by atoms with Crippen LogP contribution in [0.1, 0.15) is 5.56 Å². The molecule has 2 aromatic heterocycles. The number of aromatic nitrogens is 1. The van der Waals surface area contributed by atoms with Crippen molar-refractivity contribution in [1.82, 2.24) is 4.68 Å². The Morgan fingerprint density at radius 2 is 1.49 bits per heavy atom. The lowest BCUT2D eigenvalue weighted by molar-refractivity contribution is 0.349. The SMILES string of the molecule is COc1cc(OC)c(OC)cc1C=Nn1c(-c2cc3ccccc3o2)csc1=Nc1ccccc1OC. The second kappa shape index (κ2) is 10.6. The van der Waals surface area contributed by atoms with Crippen molar-refractivity contribution in [1.29, 1.82) is 0 Å². The predicted octanol–water partition coefficient (Wildman–Crippen LogP) is 6.11. The van der Waals surface area contributed by atoms with Crippen molar-refractivity contribution in [2.75, 3.05) is 28.4 Å². The molecule has 9 heteroatoms. The van der Waals surface area contributed by atoms with Crippen LogP contribution in [-0.2, 0) is 0 Å². The van der Waals surface area contributed by atoms with Gasteiger partial charge in [0.25, 0.3) is 0 Å². The third-order valence-corrected chi connectivity index (χ3v) is 6.53. The number of fused-ring (bicyclic) bond motifs is 1. The number of hydrogen-bond donors (Lipinski definition) is 0. The second-order valence-corrected chi connectivity index (χ2v) is 8.68. The molecule has 5 rings (SSSR count). The highest BCUT2D eigenvalue weighted by Gasteiger charge is 2.15. The van der Waals surface area contributed by atoms with Gasteiger partial charge in [0.2, 0.25) is 4.80 Å². The fourth-order valence-corrected chi connectivity index (χ4v) is 4.70. The maximum Gasteiger partial charge on any atom is 0.211 e. The number of benzene rings is 3. The van der Waals surface area contributed by atoms with E-state index in [-0.39, 0.29) is 0 Å². The van der Waals surface area contributed by atoms with Crippen molar-refractivity contribution in [2.24, 2.45) is 10.1 Å². The molecule has 3 aromatic carbocycles. The highest BCUT2D eigenvalue weighted by molar-refractivity contribution is 7.07. The Labute approximate surface area is 217 Å². The van der Waals surface area contributed by atoms with Crippen molar-refractivity contribution >= 4 is 34.2 Å².